The monoisotopic (exact) mass is 242 g/mol. The number of carbonyl (C=O) groups excluding carboxylic acids is 1. The number of ether oxygens (including phenoxy) is 1. The molecule has 0 spiro atoms. The molecule has 100 valence electrons. The number of aliphatic hydroxyl groups excluding tert-OH is 1. The fraction of sp³-hybridized carbons (Fsp3) is 0.786. The predicted molar refractivity (Wildman–Crippen MR) is 69.8 cm³/mol. The summed E-state index contributed by atoms with van der Waals surface area (Å²) in [7, 11) is 0. The van der Waals surface area contributed by atoms with Crippen LogP contribution >= 0.6 is 0 Å². The average Bonchev–Trinajstić information content (AvgIpc) is 2.29. The van der Waals surface area contributed by atoms with Crippen molar-refractivity contribution in [1.29, 1.82) is 0 Å². The molecule has 0 unspecified atom stereocenters. The third-order valence-corrected chi connectivity index (χ3v) is 2.69. The van der Waals surface area contributed by atoms with E-state index in [9.17, 15) is 9.90 Å². The Labute approximate surface area is 105 Å². The average molecular weight is 242 g/mol. The summed E-state index contributed by atoms with van der Waals surface area (Å²) >= 11 is 0. The molecule has 0 saturated heterocycles. The maximum Gasteiger partial charge on any atom is 0.333 e. The number of hydrogen-bond donors (Lipinski definition) is 1. The van der Waals surface area contributed by atoms with Gasteiger partial charge in [0.05, 0.1) is 12.7 Å². The highest BCUT2D eigenvalue weighted by molar-refractivity contribution is 5.87. The van der Waals surface area contributed by atoms with Crippen LogP contribution in [0.3, 0.4) is 0 Å². The molecule has 0 aromatic rings. The maximum absolute atomic E-state index is 11.3. The second-order valence-electron chi connectivity index (χ2n) is 4.38. The van der Waals surface area contributed by atoms with Crippen LogP contribution in [-0.2, 0) is 9.53 Å². The molecule has 17 heavy (non-hydrogen) atoms. The van der Waals surface area contributed by atoms with Gasteiger partial charge in [-0.05, 0) is 13.3 Å². The zero-order chi connectivity index (χ0) is 13.1. The quantitative estimate of drug-likeness (QED) is 0.363. The minimum Gasteiger partial charge on any atom is -0.463 e. The molecule has 0 aromatic heterocycles. The van der Waals surface area contributed by atoms with Crippen molar-refractivity contribution in [2.24, 2.45) is 0 Å². The maximum atomic E-state index is 11.3. The summed E-state index contributed by atoms with van der Waals surface area (Å²) in [6.45, 7) is 7.93. The highest BCUT2D eigenvalue weighted by atomic mass is 16.5. The Morgan fingerprint density at radius 3 is 2.47 bits per heavy atom. The predicted octanol–water partition coefficient (Wildman–Crippen LogP) is 3.22. The van der Waals surface area contributed by atoms with Gasteiger partial charge in [-0.2, -0.15) is 0 Å². The Hall–Kier alpha value is -0.830. The van der Waals surface area contributed by atoms with Crippen molar-refractivity contribution in [3.63, 3.8) is 0 Å². The van der Waals surface area contributed by atoms with E-state index in [4.69, 9.17) is 4.74 Å². The van der Waals surface area contributed by atoms with Crippen LogP contribution in [0.5, 0.6) is 0 Å². The van der Waals surface area contributed by atoms with Gasteiger partial charge in [-0.3, -0.25) is 0 Å². The van der Waals surface area contributed by atoms with Gasteiger partial charge in [-0.15, -0.1) is 0 Å². The molecule has 0 heterocycles. The molecule has 0 aliphatic carbocycles. The molecular weight excluding hydrogens is 216 g/mol. The molecule has 0 rings (SSSR count). The molecule has 0 bridgehead atoms. The van der Waals surface area contributed by atoms with Gasteiger partial charge in [-0.1, -0.05) is 45.6 Å². The van der Waals surface area contributed by atoms with Crippen molar-refractivity contribution < 1.29 is 14.6 Å². The van der Waals surface area contributed by atoms with E-state index in [-0.39, 0.29) is 0 Å². The first kappa shape index (κ1) is 16.2. The van der Waals surface area contributed by atoms with Crippen LogP contribution in [0.1, 0.15) is 58.8 Å². The topological polar surface area (TPSA) is 46.5 Å². The summed E-state index contributed by atoms with van der Waals surface area (Å²) < 4.78 is 4.81. The standard InChI is InChI=1S/C14H26O3/c1-4-6-7-8-9-10-13(15)11-12(3)14(16)17-5-2/h13,15H,3-11H2,1-2H3/t13-/m0/s1. The zero-order valence-electron chi connectivity index (χ0n) is 11.2. The van der Waals surface area contributed by atoms with E-state index < -0.39 is 12.1 Å². The third kappa shape index (κ3) is 8.93. The van der Waals surface area contributed by atoms with Crippen molar-refractivity contribution >= 4 is 5.97 Å². The van der Waals surface area contributed by atoms with Gasteiger partial charge in [0, 0.05) is 12.0 Å². The minimum absolute atomic E-state index is 0.326. The van der Waals surface area contributed by atoms with Gasteiger partial charge in [0.15, 0.2) is 0 Å². The largest absolute Gasteiger partial charge is 0.463 e. The summed E-state index contributed by atoms with van der Waals surface area (Å²) in [5.74, 6) is -0.391. The van der Waals surface area contributed by atoms with Gasteiger partial charge in [0.1, 0.15) is 0 Å². The third-order valence-electron chi connectivity index (χ3n) is 2.69. The molecule has 0 aromatic carbocycles. The Kier molecular flexibility index (Phi) is 9.83. The second kappa shape index (κ2) is 10.3. The first-order valence-corrected chi connectivity index (χ1v) is 6.64. The molecule has 1 N–H and O–H groups in total. The van der Waals surface area contributed by atoms with Crippen LogP contribution < -0.4 is 0 Å². The molecule has 0 aliphatic rings. The highest BCUT2D eigenvalue weighted by Gasteiger charge is 2.12. The lowest BCUT2D eigenvalue weighted by Crippen LogP contribution is -2.14. The van der Waals surface area contributed by atoms with E-state index in [1.165, 1.54) is 19.3 Å². The molecule has 0 aliphatic heterocycles. The Bertz CT molecular complexity index is 224. The summed E-state index contributed by atoms with van der Waals surface area (Å²) in [5.41, 5.74) is 0.368. The molecular formula is C14H26O3. The fourth-order valence-corrected chi connectivity index (χ4v) is 1.69. The summed E-state index contributed by atoms with van der Waals surface area (Å²) in [4.78, 5) is 11.3. The SMILES string of the molecule is C=C(C[C@@H](O)CCCCCCC)C(=O)OCC. The van der Waals surface area contributed by atoms with Crippen molar-refractivity contribution in [1.82, 2.24) is 0 Å². The van der Waals surface area contributed by atoms with E-state index in [0.29, 0.717) is 18.6 Å². The second-order valence-corrected chi connectivity index (χ2v) is 4.38. The smallest absolute Gasteiger partial charge is 0.333 e. The molecule has 3 heteroatoms. The number of rotatable bonds is 10. The normalized spacial score (nSPS) is 12.2. The van der Waals surface area contributed by atoms with Crippen molar-refractivity contribution in [2.75, 3.05) is 6.61 Å². The van der Waals surface area contributed by atoms with Crippen molar-refractivity contribution in [3.8, 4) is 0 Å². The van der Waals surface area contributed by atoms with Gasteiger partial charge in [0.25, 0.3) is 0 Å². The number of hydrogen-bond acceptors (Lipinski definition) is 3. The van der Waals surface area contributed by atoms with Crippen molar-refractivity contribution in [2.45, 2.75) is 64.9 Å². The van der Waals surface area contributed by atoms with Crippen LogP contribution in [0, 0.1) is 0 Å². The Morgan fingerprint density at radius 1 is 1.24 bits per heavy atom. The molecule has 3 nitrogen and oxygen atoms in total. The molecule has 1 atom stereocenters. The summed E-state index contributed by atoms with van der Waals surface area (Å²) in [6, 6.07) is 0. The van der Waals surface area contributed by atoms with E-state index in [1.54, 1.807) is 6.92 Å². The van der Waals surface area contributed by atoms with Crippen LogP contribution in [0.15, 0.2) is 12.2 Å². The highest BCUT2D eigenvalue weighted by Crippen LogP contribution is 2.13. The van der Waals surface area contributed by atoms with E-state index in [1.807, 2.05) is 0 Å². The molecule has 0 amide bonds. The van der Waals surface area contributed by atoms with Crippen LogP contribution in [0.25, 0.3) is 0 Å². The van der Waals surface area contributed by atoms with Gasteiger partial charge < -0.3 is 9.84 Å². The van der Waals surface area contributed by atoms with Gasteiger partial charge in [-0.25, -0.2) is 4.79 Å². The van der Waals surface area contributed by atoms with E-state index in [2.05, 4.69) is 13.5 Å². The lowest BCUT2D eigenvalue weighted by molar-refractivity contribution is -0.138. The lowest BCUT2D eigenvalue weighted by Gasteiger charge is -2.11. The number of aliphatic hydroxyl groups is 1. The lowest BCUT2D eigenvalue weighted by atomic mass is 10.0. The first-order valence-electron chi connectivity index (χ1n) is 6.64. The van der Waals surface area contributed by atoms with E-state index in [0.717, 1.165) is 19.3 Å². The van der Waals surface area contributed by atoms with Crippen molar-refractivity contribution in [3.05, 3.63) is 12.2 Å². The minimum atomic E-state index is -0.464. The summed E-state index contributed by atoms with van der Waals surface area (Å²) in [5, 5.41) is 9.72. The number of carbonyl (C=O) groups is 1. The Balaban J connectivity index is 3.60. The van der Waals surface area contributed by atoms with Crippen LogP contribution in [-0.4, -0.2) is 23.8 Å². The Morgan fingerprint density at radius 2 is 1.88 bits per heavy atom. The van der Waals surface area contributed by atoms with E-state index >= 15 is 0 Å². The number of esters is 1. The fourth-order valence-electron chi connectivity index (χ4n) is 1.69. The van der Waals surface area contributed by atoms with Crippen LogP contribution in [0.4, 0.5) is 0 Å². The number of unbranched alkanes of at least 4 members (excludes halogenated alkanes) is 4. The van der Waals surface area contributed by atoms with Gasteiger partial charge >= 0.3 is 5.97 Å². The zero-order valence-corrected chi connectivity index (χ0v) is 11.2. The molecule has 0 fully saturated rings. The molecule has 0 saturated carbocycles. The van der Waals surface area contributed by atoms with Crippen LogP contribution in [0.2, 0.25) is 0 Å². The molecule has 0 radical (unpaired) electrons. The first-order chi connectivity index (χ1) is 8.11. The van der Waals surface area contributed by atoms with Gasteiger partial charge in [0.2, 0.25) is 0 Å². The summed E-state index contributed by atoms with van der Waals surface area (Å²) in [6.07, 6.45) is 6.46.